The summed E-state index contributed by atoms with van der Waals surface area (Å²) in [5.74, 6) is 1.63. The average molecular weight is 219 g/mol. The van der Waals surface area contributed by atoms with Crippen LogP contribution in [0.4, 0.5) is 0 Å². The van der Waals surface area contributed by atoms with Gasteiger partial charge in [0.2, 0.25) is 0 Å². The Labute approximate surface area is 98.0 Å². The monoisotopic (exact) mass is 219 g/mol. The van der Waals surface area contributed by atoms with Gasteiger partial charge in [-0.2, -0.15) is 0 Å². The van der Waals surface area contributed by atoms with Crippen LogP contribution >= 0.6 is 0 Å². The van der Waals surface area contributed by atoms with Crippen molar-refractivity contribution < 1.29 is 4.74 Å². The SMILES string of the molecule is CC(C)(C)NCCC1COc2ccccc21. The number of benzene rings is 1. The molecule has 0 aromatic heterocycles. The molecule has 0 fully saturated rings. The summed E-state index contributed by atoms with van der Waals surface area (Å²) in [6.45, 7) is 8.49. The van der Waals surface area contributed by atoms with E-state index in [-0.39, 0.29) is 5.54 Å². The molecule has 2 rings (SSSR count). The molecule has 0 aliphatic carbocycles. The van der Waals surface area contributed by atoms with Crippen molar-refractivity contribution in [1.29, 1.82) is 0 Å². The minimum Gasteiger partial charge on any atom is -0.493 e. The molecule has 2 heteroatoms. The van der Waals surface area contributed by atoms with Crippen LogP contribution in [-0.2, 0) is 0 Å². The van der Waals surface area contributed by atoms with Crippen molar-refractivity contribution >= 4 is 0 Å². The van der Waals surface area contributed by atoms with E-state index < -0.39 is 0 Å². The zero-order valence-electron chi connectivity index (χ0n) is 10.4. The highest BCUT2D eigenvalue weighted by molar-refractivity contribution is 5.39. The molecule has 2 nitrogen and oxygen atoms in total. The number of hydrogen-bond acceptors (Lipinski definition) is 2. The number of rotatable bonds is 3. The van der Waals surface area contributed by atoms with Gasteiger partial charge in [0.25, 0.3) is 0 Å². The lowest BCUT2D eigenvalue weighted by atomic mass is 9.97. The van der Waals surface area contributed by atoms with Crippen molar-refractivity contribution in [2.45, 2.75) is 38.6 Å². The number of fused-ring (bicyclic) bond motifs is 1. The van der Waals surface area contributed by atoms with Crippen molar-refractivity contribution in [2.75, 3.05) is 13.2 Å². The second-order valence-electron chi connectivity index (χ2n) is 5.51. The summed E-state index contributed by atoms with van der Waals surface area (Å²) >= 11 is 0. The van der Waals surface area contributed by atoms with Gasteiger partial charge in [0.1, 0.15) is 5.75 Å². The first-order valence-corrected chi connectivity index (χ1v) is 6.03. The Morgan fingerprint density at radius 1 is 1.31 bits per heavy atom. The highest BCUT2D eigenvalue weighted by Gasteiger charge is 2.23. The highest BCUT2D eigenvalue weighted by Crippen LogP contribution is 2.35. The standard InChI is InChI=1S/C14H21NO/c1-14(2,3)15-9-8-11-10-16-13-7-5-4-6-12(11)13/h4-7,11,15H,8-10H2,1-3H3. The minimum atomic E-state index is 0.207. The third kappa shape index (κ3) is 2.76. The van der Waals surface area contributed by atoms with Gasteiger partial charge in [-0.3, -0.25) is 0 Å². The number of nitrogens with one attached hydrogen (secondary N) is 1. The molecule has 1 aliphatic heterocycles. The molecule has 1 aliphatic rings. The van der Waals surface area contributed by atoms with Crippen LogP contribution in [-0.4, -0.2) is 18.7 Å². The molecule has 1 aromatic rings. The smallest absolute Gasteiger partial charge is 0.122 e. The van der Waals surface area contributed by atoms with Gasteiger partial charge in [0.05, 0.1) is 6.61 Å². The molecule has 1 aromatic carbocycles. The first kappa shape index (κ1) is 11.5. The van der Waals surface area contributed by atoms with E-state index in [4.69, 9.17) is 4.74 Å². The topological polar surface area (TPSA) is 21.3 Å². The molecule has 0 saturated carbocycles. The van der Waals surface area contributed by atoms with E-state index in [1.165, 1.54) is 5.56 Å². The lowest BCUT2D eigenvalue weighted by Crippen LogP contribution is -2.36. The molecule has 0 spiro atoms. The maximum Gasteiger partial charge on any atom is 0.122 e. The number of para-hydroxylation sites is 1. The van der Waals surface area contributed by atoms with Gasteiger partial charge in [-0.05, 0) is 39.8 Å². The minimum absolute atomic E-state index is 0.207. The van der Waals surface area contributed by atoms with Crippen LogP contribution in [0.1, 0.15) is 38.7 Å². The Balaban J connectivity index is 1.89. The van der Waals surface area contributed by atoms with E-state index in [9.17, 15) is 0 Å². The first-order chi connectivity index (χ1) is 7.56. The van der Waals surface area contributed by atoms with E-state index in [0.717, 1.165) is 25.3 Å². The summed E-state index contributed by atoms with van der Waals surface area (Å²) in [5.41, 5.74) is 1.58. The Morgan fingerprint density at radius 3 is 2.81 bits per heavy atom. The predicted octanol–water partition coefficient (Wildman–Crippen LogP) is 2.94. The molecule has 0 amide bonds. The highest BCUT2D eigenvalue weighted by atomic mass is 16.5. The van der Waals surface area contributed by atoms with E-state index in [2.05, 4.69) is 44.3 Å². The molecule has 0 saturated heterocycles. The van der Waals surface area contributed by atoms with Gasteiger partial charge in [0.15, 0.2) is 0 Å². The fourth-order valence-electron chi connectivity index (χ4n) is 2.09. The summed E-state index contributed by atoms with van der Waals surface area (Å²) in [7, 11) is 0. The molecule has 16 heavy (non-hydrogen) atoms. The molecular formula is C14H21NO. The maximum absolute atomic E-state index is 5.67. The number of ether oxygens (including phenoxy) is 1. The Morgan fingerprint density at radius 2 is 2.06 bits per heavy atom. The largest absolute Gasteiger partial charge is 0.493 e. The summed E-state index contributed by atoms with van der Waals surface area (Å²) < 4.78 is 5.67. The predicted molar refractivity (Wildman–Crippen MR) is 67.1 cm³/mol. The van der Waals surface area contributed by atoms with Crippen LogP contribution in [0.15, 0.2) is 24.3 Å². The molecule has 1 unspecified atom stereocenters. The van der Waals surface area contributed by atoms with Crippen LogP contribution < -0.4 is 10.1 Å². The zero-order chi connectivity index (χ0) is 11.6. The van der Waals surface area contributed by atoms with Crippen LogP contribution in [0, 0.1) is 0 Å². The lowest BCUT2D eigenvalue weighted by Gasteiger charge is -2.21. The lowest BCUT2D eigenvalue weighted by molar-refractivity contribution is 0.317. The normalized spacial score (nSPS) is 19.3. The van der Waals surface area contributed by atoms with Crippen LogP contribution in [0.25, 0.3) is 0 Å². The van der Waals surface area contributed by atoms with Crippen molar-refractivity contribution in [2.24, 2.45) is 0 Å². The molecule has 0 bridgehead atoms. The Hall–Kier alpha value is -1.02. The zero-order valence-corrected chi connectivity index (χ0v) is 10.4. The summed E-state index contributed by atoms with van der Waals surface area (Å²) in [5, 5.41) is 3.52. The van der Waals surface area contributed by atoms with E-state index in [0.29, 0.717) is 5.92 Å². The van der Waals surface area contributed by atoms with E-state index >= 15 is 0 Å². The van der Waals surface area contributed by atoms with Gasteiger partial charge in [-0.25, -0.2) is 0 Å². The van der Waals surface area contributed by atoms with Crippen LogP contribution in [0.5, 0.6) is 5.75 Å². The first-order valence-electron chi connectivity index (χ1n) is 6.03. The maximum atomic E-state index is 5.67. The van der Waals surface area contributed by atoms with Crippen molar-refractivity contribution in [3.05, 3.63) is 29.8 Å². The second kappa shape index (κ2) is 4.46. The van der Waals surface area contributed by atoms with Gasteiger partial charge in [-0.1, -0.05) is 18.2 Å². The quantitative estimate of drug-likeness (QED) is 0.844. The summed E-state index contributed by atoms with van der Waals surface area (Å²) in [6, 6.07) is 8.38. The van der Waals surface area contributed by atoms with Crippen molar-refractivity contribution in [1.82, 2.24) is 5.32 Å². The molecule has 88 valence electrons. The van der Waals surface area contributed by atoms with Crippen molar-refractivity contribution in [3.63, 3.8) is 0 Å². The van der Waals surface area contributed by atoms with Gasteiger partial charge < -0.3 is 10.1 Å². The Kier molecular flexibility index (Phi) is 3.20. The van der Waals surface area contributed by atoms with Crippen LogP contribution in [0.2, 0.25) is 0 Å². The third-order valence-electron chi connectivity index (χ3n) is 2.95. The molecule has 1 atom stereocenters. The average Bonchev–Trinajstić information content (AvgIpc) is 2.60. The molecule has 1 N–H and O–H groups in total. The second-order valence-corrected chi connectivity index (χ2v) is 5.51. The fourth-order valence-corrected chi connectivity index (χ4v) is 2.09. The summed E-state index contributed by atoms with van der Waals surface area (Å²) in [6.07, 6.45) is 1.15. The Bertz CT molecular complexity index is 354. The van der Waals surface area contributed by atoms with Crippen LogP contribution in [0.3, 0.4) is 0 Å². The number of hydrogen-bond donors (Lipinski definition) is 1. The molecule has 1 heterocycles. The van der Waals surface area contributed by atoms with E-state index in [1.807, 2.05) is 6.07 Å². The van der Waals surface area contributed by atoms with Gasteiger partial charge >= 0.3 is 0 Å². The molecular weight excluding hydrogens is 198 g/mol. The van der Waals surface area contributed by atoms with Gasteiger partial charge in [0, 0.05) is 17.0 Å². The summed E-state index contributed by atoms with van der Waals surface area (Å²) in [4.78, 5) is 0. The molecule has 0 radical (unpaired) electrons. The fraction of sp³-hybridized carbons (Fsp3) is 0.571. The van der Waals surface area contributed by atoms with E-state index in [1.54, 1.807) is 0 Å². The third-order valence-corrected chi connectivity index (χ3v) is 2.95. The van der Waals surface area contributed by atoms with Crippen molar-refractivity contribution in [3.8, 4) is 5.75 Å². The van der Waals surface area contributed by atoms with Gasteiger partial charge in [-0.15, -0.1) is 0 Å².